The van der Waals surface area contributed by atoms with Crippen molar-refractivity contribution in [3.05, 3.63) is 22.3 Å². The second-order valence-corrected chi connectivity index (χ2v) is 5.72. The summed E-state index contributed by atoms with van der Waals surface area (Å²) in [6.45, 7) is 3.43. The summed E-state index contributed by atoms with van der Waals surface area (Å²) in [5.74, 6) is 0.333. The monoisotopic (exact) mass is 293 g/mol. The van der Waals surface area contributed by atoms with Crippen LogP contribution in [0.4, 0.5) is 0 Å². The Morgan fingerprint density at radius 2 is 2.48 bits per heavy atom. The second-order valence-electron chi connectivity index (χ2n) is 5.72. The van der Waals surface area contributed by atoms with E-state index in [2.05, 4.69) is 9.98 Å². The summed E-state index contributed by atoms with van der Waals surface area (Å²) in [6.07, 6.45) is 8.40. The molecule has 0 N–H and O–H groups in total. The van der Waals surface area contributed by atoms with Crippen molar-refractivity contribution in [2.24, 2.45) is 15.9 Å². The molecule has 0 amide bonds. The third kappa shape index (κ3) is 3.37. The van der Waals surface area contributed by atoms with E-state index in [0.717, 1.165) is 19.4 Å². The lowest BCUT2D eigenvalue weighted by atomic mass is 9.81. The molecular weight excluding hydrogens is 270 g/mol. The van der Waals surface area contributed by atoms with Crippen LogP contribution < -0.4 is 0 Å². The van der Waals surface area contributed by atoms with Gasteiger partial charge in [-0.1, -0.05) is 13.3 Å². The van der Waals surface area contributed by atoms with Crippen molar-refractivity contribution in [2.75, 3.05) is 20.3 Å². The van der Waals surface area contributed by atoms with E-state index in [1.54, 1.807) is 19.3 Å². The van der Waals surface area contributed by atoms with Gasteiger partial charge in [-0.15, -0.1) is 0 Å². The smallest absolute Gasteiger partial charge is 0.278 e. The summed E-state index contributed by atoms with van der Waals surface area (Å²) in [7, 11) is 1.64. The lowest BCUT2D eigenvalue weighted by Crippen LogP contribution is -2.49. The highest BCUT2D eigenvalue weighted by atomic mass is 16.6. The van der Waals surface area contributed by atoms with Crippen molar-refractivity contribution in [1.82, 2.24) is 0 Å². The van der Waals surface area contributed by atoms with E-state index in [0.29, 0.717) is 31.1 Å². The third-order valence-electron chi connectivity index (χ3n) is 4.25. The molecule has 3 unspecified atom stereocenters. The van der Waals surface area contributed by atoms with Crippen molar-refractivity contribution in [2.45, 2.75) is 44.2 Å². The molecule has 1 saturated heterocycles. The molecule has 0 saturated carbocycles. The van der Waals surface area contributed by atoms with Gasteiger partial charge in [0, 0.05) is 31.4 Å². The average molecular weight is 293 g/mol. The first-order chi connectivity index (χ1) is 10.1. The maximum atomic E-state index is 11.7. The van der Waals surface area contributed by atoms with Crippen LogP contribution in [0.15, 0.2) is 22.1 Å². The molecule has 21 heavy (non-hydrogen) atoms. The molecule has 116 valence electrons. The quantitative estimate of drug-likeness (QED) is 0.410. The Morgan fingerprint density at radius 1 is 1.67 bits per heavy atom. The predicted octanol–water partition coefficient (Wildman–Crippen LogP) is 2.31. The summed E-state index contributed by atoms with van der Waals surface area (Å²) in [5.41, 5.74) is -0.139. The van der Waals surface area contributed by atoms with E-state index in [1.165, 1.54) is 0 Å². The van der Waals surface area contributed by atoms with Crippen molar-refractivity contribution in [3.8, 4) is 0 Å². The molecule has 2 aliphatic rings. The SMILES string of the molecule is CCCC1(C(C(CC2CCOC2)=NC)[N+](=O)[O-])C=CC=N1. The fourth-order valence-corrected chi connectivity index (χ4v) is 3.24. The van der Waals surface area contributed by atoms with Crippen molar-refractivity contribution in [1.29, 1.82) is 0 Å². The topological polar surface area (TPSA) is 77.1 Å². The molecule has 0 aromatic heterocycles. The summed E-state index contributed by atoms with van der Waals surface area (Å²) in [5, 5.41) is 11.7. The van der Waals surface area contributed by atoms with Crippen molar-refractivity contribution < 1.29 is 9.66 Å². The Bertz CT molecular complexity index is 453. The van der Waals surface area contributed by atoms with Gasteiger partial charge in [-0.3, -0.25) is 20.1 Å². The minimum Gasteiger partial charge on any atom is -0.381 e. The predicted molar refractivity (Wildman–Crippen MR) is 83.0 cm³/mol. The summed E-state index contributed by atoms with van der Waals surface area (Å²) < 4.78 is 5.37. The zero-order valence-electron chi connectivity index (χ0n) is 12.7. The van der Waals surface area contributed by atoms with Crippen LogP contribution >= 0.6 is 0 Å². The number of hydrogen-bond donors (Lipinski definition) is 0. The molecule has 2 rings (SSSR count). The number of hydrogen-bond acceptors (Lipinski definition) is 5. The summed E-state index contributed by atoms with van der Waals surface area (Å²) in [4.78, 5) is 20.2. The highest BCUT2D eigenvalue weighted by Gasteiger charge is 2.48. The van der Waals surface area contributed by atoms with Gasteiger partial charge in [0.1, 0.15) is 0 Å². The van der Waals surface area contributed by atoms with E-state index < -0.39 is 11.6 Å². The van der Waals surface area contributed by atoms with Gasteiger partial charge in [-0.05, 0) is 37.3 Å². The van der Waals surface area contributed by atoms with E-state index in [9.17, 15) is 10.1 Å². The Hall–Kier alpha value is -1.56. The van der Waals surface area contributed by atoms with E-state index in [-0.39, 0.29) is 4.92 Å². The van der Waals surface area contributed by atoms with Crippen LogP contribution in [0.25, 0.3) is 0 Å². The average Bonchev–Trinajstić information content (AvgIpc) is 3.10. The van der Waals surface area contributed by atoms with Crippen LogP contribution in [0.2, 0.25) is 0 Å². The number of ether oxygens (including phenoxy) is 1. The summed E-state index contributed by atoms with van der Waals surface area (Å²) in [6, 6.07) is -0.877. The molecule has 0 spiro atoms. The normalized spacial score (nSPS) is 30.0. The molecule has 0 aromatic carbocycles. The molecule has 6 heteroatoms. The fourth-order valence-electron chi connectivity index (χ4n) is 3.24. The molecule has 1 fully saturated rings. The Morgan fingerprint density at radius 3 is 2.95 bits per heavy atom. The molecule has 6 nitrogen and oxygen atoms in total. The third-order valence-corrected chi connectivity index (χ3v) is 4.25. The minimum absolute atomic E-state index is 0.221. The molecular formula is C15H23N3O3. The van der Waals surface area contributed by atoms with Crippen LogP contribution in [-0.4, -0.2) is 48.7 Å². The Labute approximate surface area is 125 Å². The van der Waals surface area contributed by atoms with Crippen LogP contribution in [0, 0.1) is 16.0 Å². The molecule has 2 aliphatic heterocycles. The van der Waals surface area contributed by atoms with E-state index in [4.69, 9.17) is 4.74 Å². The molecule has 0 aromatic rings. The zero-order chi connectivity index (χ0) is 15.3. The second kappa shape index (κ2) is 6.93. The van der Waals surface area contributed by atoms with Crippen LogP contribution in [0.3, 0.4) is 0 Å². The van der Waals surface area contributed by atoms with Gasteiger partial charge in [0.05, 0.1) is 5.71 Å². The number of nitrogens with zero attached hydrogens (tertiary/aromatic N) is 3. The van der Waals surface area contributed by atoms with Crippen LogP contribution in [0.5, 0.6) is 0 Å². The molecule has 0 radical (unpaired) electrons. The maximum absolute atomic E-state index is 11.7. The van der Waals surface area contributed by atoms with Gasteiger partial charge in [-0.2, -0.15) is 0 Å². The first-order valence-electron chi connectivity index (χ1n) is 7.52. The molecule has 0 bridgehead atoms. The molecule has 0 aliphatic carbocycles. The standard InChI is InChI=1S/C15H23N3O3/c1-3-6-15(7-4-8-17-15)14(18(19)20)13(16-2)10-12-5-9-21-11-12/h4,7-8,12,14H,3,5-6,9-11H2,1-2H3. The van der Waals surface area contributed by atoms with E-state index in [1.807, 2.05) is 13.0 Å². The Balaban J connectivity index is 2.25. The van der Waals surface area contributed by atoms with E-state index >= 15 is 0 Å². The molecule has 3 atom stereocenters. The highest BCUT2D eigenvalue weighted by molar-refractivity contribution is 5.91. The minimum atomic E-state index is -0.877. The molecule has 2 heterocycles. The maximum Gasteiger partial charge on any atom is 0.278 e. The number of rotatable bonds is 7. The van der Waals surface area contributed by atoms with Gasteiger partial charge in [0.2, 0.25) is 0 Å². The van der Waals surface area contributed by atoms with Gasteiger partial charge < -0.3 is 4.74 Å². The summed E-state index contributed by atoms with van der Waals surface area (Å²) >= 11 is 0. The van der Waals surface area contributed by atoms with Crippen LogP contribution in [-0.2, 0) is 4.74 Å². The van der Waals surface area contributed by atoms with Crippen molar-refractivity contribution >= 4 is 11.9 Å². The first kappa shape index (κ1) is 15.8. The van der Waals surface area contributed by atoms with Gasteiger partial charge in [-0.25, -0.2) is 0 Å². The lowest BCUT2D eigenvalue weighted by molar-refractivity contribution is -0.511. The highest BCUT2D eigenvalue weighted by Crippen LogP contribution is 2.32. The van der Waals surface area contributed by atoms with Crippen LogP contribution in [0.1, 0.15) is 32.6 Å². The largest absolute Gasteiger partial charge is 0.381 e. The van der Waals surface area contributed by atoms with Crippen molar-refractivity contribution in [3.63, 3.8) is 0 Å². The zero-order valence-corrected chi connectivity index (χ0v) is 12.7. The van der Waals surface area contributed by atoms with Gasteiger partial charge in [0.15, 0.2) is 5.54 Å². The number of aliphatic imine (C=N–C) groups is 2. The Kier molecular flexibility index (Phi) is 5.22. The first-order valence-corrected chi connectivity index (χ1v) is 7.52. The number of nitro groups is 1. The fraction of sp³-hybridized carbons (Fsp3) is 0.733. The number of allylic oxidation sites excluding steroid dienone is 1. The van der Waals surface area contributed by atoms with Gasteiger partial charge >= 0.3 is 0 Å². The lowest BCUT2D eigenvalue weighted by Gasteiger charge is -2.28. The van der Waals surface area contributed by atoms with Gasteiger partial charge in [0.25, 0.3) is 6.04 Å².